The third-order valence-electron chi connectivity index (χ3n) is 1.13. The lowest BCUT2D eigenvalue weighted by molar-refractivity contribution is 1.12. The van der Waals surface area contributed by atoms with E-state index < -0.39 is 0 Å². The highest BCUT2D eigenvalue weighted by Gasteiger charge is 1.91. The lowest BCUT2D eigenvalue weighted by atomic mass is 10.4. The first-order valence-electron chi connectivity index (χ1n) is 2.63. The number of hydrogen-bond acceptors (Lipinski definition) is 2. The number of rotatable bonds is 0. The molecule has 2 rings (SSSR count). The van der Waals surface area contributed by atoms with Gasteiger partial charge in [0.15, 0.2) is 0 Å². The van der Waals surface area contributed by atoms with Crippen LogP contribution in [0.4, 0.5) is 0 Å². The summed E-state index contributed by atoms with van der Waals surface area (Å²) in [4.78, 5) is 4.02. The molecule has 0 atom stereocenters. The van der Waals surface area contributed by atoms with Crippen LogP contribution in [0.1, 0.15) is 0 Å². The van der Waals surface area contributed by atoms with Crippen LogP contribution in [-0.2, 0) is 0 Å². The molecule has 0 fully saturated rings. The largest absolute Gasteiger partial charge is 0.283 e. The summed E-state index contributed by atoms with van der Waals surface area (Å²) in [5, 5.41) is 6.57. The summed E-state index contributed by atoms with van der Waals surface area (Å²) in [7, 11) is 0. The van der Waals surface area contributed by atoms with Crippen molar-refractivity contribution in [2.75, 3.05) is 0 Å². The zero-order valence-corrected chi connectivity index (χ0v) is 4.63. The summed E-state index contributed by atoms with van der Waals surface area (Å²) in [6.45, 7) is 0. The Morgan fingerprint density at radius 3 is 3.44 bits per heavy atom. The minimum absolute atomic E-state index is 0.789. The third kappa shape index (κ3) is 0.579. The lowest BCUT2D eigenvalue weighted by Crippen LogP contribution is -1.70. The normalized spacial score (nSPS) is 10.2. The highest BCUT2D eigenvalue weighted by molar-refractivity contribution is 5.71. The molecule has 3 heteroatoms. The van der Waals surface area contributed by atoms with Gasteiger partial charge < -0.3 is 0 Å². The summed E-state index contributed by atoms with van der Waals surface area (Å²) in [5.41, 5.74) is 1.65. The summed E-state index contributed by atoms with van der Waals surface area (Å²) in [6, 6.07) is 4.67. The van der Waals surface area contributed by atoms with E-state index in [1.807, 2.05) is 0 Å². The number of hydrogen-bond donors (Lipinski definition) is 1. The molecule has 0 aromatic carbocycles. The fourth-order valence-corrected chi connectivity index (χ4v) is 0.722. The van der Waals surface area contributed by atoms with Crippen molar-refractivity contribution in [2.45, 2.75) is 0 Å². The number of pyridine rings is 1. The first-order chi connectivity index (χ1) is 4.47. The van der Waals surface area contributed by atoms with E-state index in [0.717, 1.165) is 11.0 Å². The second kappa shape index (κ2) is 1.55. The summed E-state index contributed by atoms with van der Waals surface area (Å²) in [6.07, 6.45) is 3.43. The quantitative estimate of drug-likeness (QED) is 0.554. The van der Waals surface area contributed by atoms with Crippen LogP contribution in [0.25, 0.3) is 11.0 Å². The minimum atomic E-state index is 0.789. The second-order valence-corrected chi connectivity index (χ2v) is 1.71. The monoisotopic (exact) mass is 118 g/mol. The standard InChI is InChI=1S/C6H4N3/c1-2-5-6(7-3-1)4-8-9-5/h1,3-4H,(H,8,9). The van der Waals surface area contributed by atoms with Crippen molar-refractivity contribution in [1.82, 2.24) is 15.2 Å². The Bertz CT molecular complexity index is 282. The fourth-order valence-electron chi connectivity index (χ4n) is 0.722. The van der Waals surface area contributed by atoms with Gasteiger partial charge >= 0.3 is 0 Å². The Morgan fingerprint density at radius 2 is 2.56 bits per heavy atom. The predicted octanol–water partition coefficient (Wildman–Crippen LogP) is 0.758. The Kier molecular flexibility index (Phi) is 0.773. The molecule has 0 aliphatic heterocycles. The van der Waals surface area contributed by atoms with Crippen LogP contribution in [0.15, 0.2) is 18.5 Å². The topological polar surface area (TPSA) is 41.6 Å². The van der Waals surface area contributed by atoms with E-state index in [0.29, 0.717) is 0 Å². The van der Waals surface area contributed by atoms with E-state index in [1.54, 1.807) is 18.5 Å². The van der Waals surface area contributed by atoms with Crippen LogP contribution in [0.3, 0.4) is 0 Å². The molecule has 0 amide bonds. The number of H-pyrrole nitrogens is 1. The molecule has 0 aliphatic carbocycles. The maximum absolute atomic E-state index is 4.02. The van der Waals surface area contributed by atoms with E-state index in [9.17, 15) is 0 Å². The average molecular weight is 118 g/mol. The fraction of sp³-hybridized carbons (Fsp3) is 0. The van der Waals surface area contributed by atoms with Gasteiger partial charge in [0, 0.05) is 18.5 Å². The molecule has 43 valence electrons. The molecular weight excluding hydrogens is 114 g/mol. The molecule has 9 heavy (non-hydrogen) atoms. The van der Waals surface area contributed by atoms with Gasteiger partial charge in [-0.15, -0.1) is 0 Å². The average Bonchev–Trinajstić information content (AvgIpc) is 2.33. The van der Waals surface area contributed by atoms with Gasteiger partial charge in [-0.05, 0) is 6.07 Å². The molecule has 1 N–H and O–H groups in total. The molecule has 0 saturated heterocycles. The van der Waals surface area contributed by atoms with Gasteiger partial charge in [-0.2, -0.15) is 5.10 Å². The minimum Gasteiger partial charge on any atom is -0.283 e. The molecule has 0 unspecified atom stereocenters. The first kappa shape index (κ1) is 4.49. The van der Waals surface area contributed by atoms with E-state index in [4.69, 9.17) is 0 Å². The molecular formula is C6H4N3. The maximum Gasteiger partial charge on any atom is 0.118 e. The first-order valence-corrected chi connectivity index (χ1v) is 2.63. The van der Waals surface area contributed by atoms with Crippen molar-refractivity contribution < 1.29 is 0 Å². The Morgan fingerprint density at radius 1 is 1.56 bits per heavy atom. The van der Waals surface area contributed by atoms with Crippen molar-refractivity contribution in [1.29, 1.82) is 0 Å². The predicted molar refractivity (Wildman–Crippen MR) is 32.7 cm³/mol. The van der Waals surface area contributed by atoms with Crippen LogP contribution in [0, 0.1) is 6.07 Å². The third-order valence-corrected chi connectivity index (χ3v) is 1.13. The van der Waals surface area contributed by atoms with E-state index in [-0.39, 0.29) is 0 Å². The van der Waals surface area contributed by atoms with Crippen LogP contribution in [0.5, 0.6) is 0 Å². The number of aromatic nitrogens is 3. The van der Waals surface area contributed by atoms with Crippen LogP contribution < -0.4 is 0 Å². The van der Waals surface area contributed by atoms with Gasteiger partial charge in [0.25, 0.3) is 0 Å². The number of nitrogens with zero attached hydrogens (tertiary/aromatic N) is 2. The Hall–Kier alpha value is -1.38. The molecule has 0 bridgehead atoms. The van der Waals surface area contributed by atoms with Gasteiger partial charge in [0.2, 0.25) is 0 Å². The van der Waals surface area contributed by atoms with Crippen molar-refractivity contribution in [3.63, 3.8) is 0 Å². The van der Waals surface area contributed by atoms with Gasteiger partial charge in [-0.3, -0.25) is 10.1 Å². The van der Waals surface area contributed by atoms with E-state index in [1.165, 1.54) is 0 Å². The van der Waals surface area contributed by atoms with Gasteiger partial charge in [-0.25, -0.2) is 0 Å². The van der Waals surface area contributed by atoms with Gasteiger partial charge in [0.05, 0.1) is 0 Å². The van der Waals surface area contributed by atoms with Crippen molar-refractivity contribution in [3.8, 4) is 0 Å². The van der Waals surface area contributed by atoms with Gasteiger partial charge in [0.1, 0.15) is 11.0 Å². The number of fused-ring (bicyclic) bond motifs is 1. The summed E-state index contributed by atoms with van der Waals surface area (Å²) in [5.74, 6) is 0. The van der Waals surface area contributed by atoms with Crippen LogP contribution in [-0.4, -0.2) is 15.2 Å². The van der Waals surface area contributed by atoms with Crippen molar-refractivity contribution in [2.24, 2.45) is 0 Å². The molecule has 0 saturated carbocycles. The second-order valence-electron chi connectivity index (χ2n) is 1.71. The molecule has 3 nitrogen and oxygen atoms in total. The zero-order valence-electron chi connectivity index (χ0n) is 4.63. The van der Waals surface area contributed by atoms with E-state index >= 15 is 0 Å². The highest BCUT2D eigenvalue weighted by atomic mass is 15.1. The maximum atomic E-state index is 4.02. The Labute approximate surface area is 51.7 Å². The molecule has 2 heterocycles. The van der Waals surface area contributed by atoms with Crippen LogP contribution >= 0.6 is 0 Å². The smallest absolute Gasteiger partial charge is 0.118 e. The van der Waals surface area contributed by atoms with Crippen molar-refractivity contribution in [3.05, 3.63) is 24.5 Å². The molecule has 0 aliphatic rings. The summed E-state index contributed by atoms with van der Waals surface area (Å²) < 4.78 is 0. The number of aromatic amines is 1. The zero-order chi connectivity index (χ0) is 6.10. The molecule has 2 aromatic heterocycles. The summed E-state index contributed by atoms with van der Waals surface area (Å²) >= 11 is 0. The van der Waals surface area contributed by atoms with Crippen molar-refractivity contribution >= 4 is 11.0 Å². The highest BCUT2D eigenvalue weighted by Crippen LogP contribution is 2.02. The molecule has 0 spiro atoms. The molecule has 2 aromatic rings. The lowest BCUT2D eigenvalue weighted by Gasteiger charge is -1.78. The van der Waals surface area contributed by atoms with Gasteiger partial charge in [-0.1, -0.05) is 0 Å². The molecule has 1 radical (unpaired) electrons. The Balaban J connectivity index is 2.95. The van der Waals surface area contributed by atoms with E-state index in [2.05, 4.69) is 21.2 Å². The SMILES string of the molecule is [c]1ccnc2c[nH]nc12. The number of nitrogens with one attached hydrogen (secondary N) is 1. The van der Waals surface area contributed by atoms with Crippen LogP contribution in [0.2, 0.25) is 0 Å².